The van der Waals surface area contributed by atoms with Crippen molar-refractivity contribution in [3.8, 4) is 0 Å². The third kappa shape index (κ3) is 1.52. The highest BCUT2D eigenvalue weighted by atomic mass is 31.1. The van der Waals surface area contributed by atoms with Crippen LogP contribution in [-0.2, 0) is 9.30 Å². The molecule has 58 valence electrons. The van der Waals surface area contributed by atoms with Gasteiger partial charge in [0.25, 0.3) is 0 Å². The van der Waals surface area contributed by atoms with Crippen LogP contribution in [0, 0.1) is 0 Å². The van der Waals surface area contributed by atoms with Gasteiger partial charge in [-0.25, -0.2) is 0 Å². The van der Waals surface area contributed by atoms with Gasteiger partial charge in [0.2, 0.25) is 0 Å². The van der Waals surface area contributed by atoms with Crippen molar-refractivity contribution in [2.45, 2.75) is 24.5 Å². The normalized spacial score (nSPS) is 40.8. The second-order valence-electron chi connectivity index (χ2n) is 2.22. The third-order valence-electron chi connectivity index (χ3n) is 1.50. The fraction of sp³-hybridized carbons (Fsp3) is 1.00. The lowest BCUT2D eigenvalue weighted by Crippen LogP contribution is -2.24. The van der Waals surface area contributed by atoms with Crippen molar-refractivity contribution in [3.05, 3.63) is 0 Å². The first kappa shape index (κ1) is 8.08. The lowest BCUT2D eigenvalue weighted by molar-refractivity contribution is -0.00348. The van der Waals surface area contributed by atoms with Crippen LogP contribution in [0.25, 0.3) is 0 Å². The van der Waals surface area contributed by atoms with Crippen molar-refractivity contribution in [1.82, 2.24) is 0 Å². The standard InChI is InChI=1S/C5H9O4P/c6-2-4-3(7)1-5(9-4)10-8/h3-7H,1-2H2/t3-,4+,5?/m0/s1. The van der Waals surface area contributed by atoms with Gasteiger partial charge in [-0.15, -0.1) is 0 Å². The molecular formula is C5H9O4P. The summed E-state index contributed by atoms with van der Waals surface area (Å²) in [4.78, 5) is 0. The van der Waals surface area contributed by atoms with E-state index in [4.69, 9.17) is 14.9 Å². The number of aliphatic hydroxyl groups is 2. The molecule has 1 aliphatic rings. The summed E-state index contributed by atoms with van der Waals surface area (Å²) in [6.07, 6.45) is -0.876. The third-order valence-corrected chi connectivity index (χ3v) is 2.07. The number of hydrogen-bond donors (Lipinski definition) is 2. The summed E-state index contributed by atoms with van der Waals surface area (Å²) in [6, 6.07) is 0. The molecule has 2 N–H and O–H groups in total. The Bertz CT molecular complexity index is 129. The van der Waals surface area contributed by atoms with Crippen molar-refractivity contribution in [2.75, 3.05) is 6.61 Å². The largest absolute Gasteiger partial charge is 0.394 e. The average molecular weight is 164 g/mol. The van der Waals surface area contributed by atoms with E-state index in [0.717, 1.165) is 0 Å². The van der Waals surface area contributed by atoms with Gasteiger partial charge < -0.3 is 14.9 Å². The molecule has 5 heteroatoms. The zero-order valence-corrected chi connectivity index (χ0v) is 6.20. The summed E-state index contributed by atoms with van der Waals surface area (Å²) in [5.41, 5.74) is 0. The fourth-order valence-corrected chi connectivity index (χ4v) is 1.45. The first-order chi connectivity index (χ1) is 4.77. The molecular weight excluding hydrogens is 155 g/mol. The Kier molecular flexibility index (Phi) is 2.74. The van der Waals surface area contributed by atoms with Crippen LogP contribution >= 0.6 is 8.46 Å². The molecule has 0 spiro atoms. The zero-order chi connectivity index (χ0) is 7.56. The summed E-state index contributed by atoms with van der Waals surface area (Å²) < 4.78 is 15.1. The molecule has 0 aromatic rings. The van der Waals surface area contributed by atoms with Crippen molar-refractivity contribution in [2.24, 2.45) is 0 Å². The average Bonchev–Trinajstić information content (AvgIpc) is 2.30. The SMILES string of the molecule is O=PC1C[C@H](O)[C@@H](CO)O1. The minimum absolute atomic E-state index is 0.123. The van der Waals surface area contributed by atoms with Crippen LogP contribution in [0.4, 0.5) is 0 Å². The molecule has 1 fully saturated rings. The van der Waals surface area contributed by atoms with E-state index >= 15 is 0 Å². The first-order valence-electron chi connectivity index (χ1n) is 3.04. The van der Waals surface area contributed by atoms with Crippen LogP contribution in [0.1, 0.15) is 6.42 Å². The molecule has 1 saturated heterocycles. The Hall–Kier alpha value is -0.0200. The van der Waals surface area contributed by atoms with Gasteiger partial charge >= 0.3 is 0 Å². The van der Waals surface area contributed by atoms with Gasteiger partial charge in [0.15, 0.2) is 8.46 Å². The molecule has 1 aliphatic heterocycles. The van der Waals surface area contributed by atoms with Crippen molar-refractivity contribution in [3.63, 3.8) is 0 Å². The fourth-order valence-electron chi connectivity index (χ4n) is 0.939. The van der Waals surface area contributed by atoms with E-state index in [-0.39, 0.29) is 15.1 Å². The molecule has 0 aliphatic carbocycles. The van der Waals surface area contributed by atoms with Gasteiger partial charge in [-0.05, 0) is 0 Å². The smallest absolute Gasteiger partial charge is 0.187 e. The predicted molar refractivity (Wildman–Crippen MR) is 34.0 cm³/mol. The number of ether oxygens (including phenoxy) is 1. The predicted octanol–water partition coefficient (Wildman–Crippen LogP) is -0.254. The second kappa shape index (κ2) is 3.39. The van der Waals surface area contributed by atoms with Crippen LogP contribution in [0.3, 0.4) is 0 Å². The van der Waals surface area contributed by atoms with E-state index in [0.29, 0.717) is 6.42 Å². The van der Waals surface area contributed by atoms with Crippen molar-refractivity contribution in [1.29, 1.82) is 0 Å². The maximum Gasteiger partial charge on any atom is 0.187 e. The molecule has 0 aromatic heterocycles. The van der Waals surface area contributed by atoms with Crippen molar-refractivity contribution >= 4 is 8.46 Å². The molecule has 4 nitrogen and oxygen atoms in total. The highest BCUT2D eigenvalue weighted by Gasteiger charge is 2.33. The summed E-state index contributed by atoms with van der Waals surface area (Å²) >= 11 is 0. The topological polar surface area (TPSA) is 66.8 Å². The molecule has 10 heavy (non-hydrogen) atoms. The summed E-state index contributed by atoms with van der Waals surface area (Å²) in [5, 5.41) is 17.6. The molecule has 3 atom stereocenters. The molecule has 0 amide bonds. The van der Waals surface area contributed by atoms with Gasteiger partial charge in [-0.2, -0.15) is 0 Å². The van der Waals surface area contributed by atoms with E-state index in [1.165, 1.54) is 0 Å². The minimum Gasteiger partial charge on any atom is -0.394 e. The molecule has 0 aromatic carbocycles. The lowest BCUT2D eigenvalue weighted by atomic mass is 10.2. The molecule has 0 radical (unpaired) electrons. The number of hydrogen-bond acceptors (Lipinski definition) is 4. The maximum atomic E-state index is 10.2. The van der Waals surface area contributed by atoms with E-state index in [9.17, 15) is 4.57 Å². The molecule has 1 heterocycles. The minimum atomic E-state index is -0.670. The Balaban J connectivity index is 2.43. The maximum absolute atomic E-state index is 10.2. The Morgan fingerprint density at radius 3 is 2.70 bits per heavy atom. The van der Waals surface area contributed by atoms with Crippen LogP contribution in [0.5, 0.6) is 0 Å². The van der Waals surface area contributed by atoms with Crippen molar-refractivity contribution < 1.29 is 19.5 Å². The van der Waals surface area contributed by atoms with Crippen LogP contribution in [0.2, 0.25) is 0 Å². The van der Waals surface area contributed by atoms with Gasteiger partial charge in [0, 0.05) is 6.42 Å². The first-order valence-corrected chi connectivity index (χ1v) is 3.93. The van der Waals surface area contributed by atoms with Gasteiger partial charge in [0.1, 0.15) is 11.9 Å². The number of aliphatic hydroxyl groups excluding tert-OH is 2. The summed E-state index contributed by atoms with van der Waals surface area (Å²) in [7, 11) is -0.123. The second-order valence-corrected chi connectivity index (χ2v) is 3.01. The summed E-state index contributed by atoms with van der Waals surface area (Å²) in [5.74, 6) is -0.438. The monoisotopic (exact) mass is 164 g/mol. The zero-order valence-electron chi connectivity index (χ0n) is 5.30. The van der Waals surface area contributed by atoms with Crippen LogP contribution in [-0.4, -0.2) is 34.9 Å². The number of rotatable bonds is 2. The lowest BCUT2D eigenvalue weighted by Gasteiger charge is -2.08. The van der Waals surface area contributed by atoms with Gasteiger partial charge in [0.05, 0.1) is 12.7 Å². The highest BCUT2D eigenvalue weighted by Crippen LogP contribution is 2.26. The van der Waals surface area contributed by atoms with E-state index in [2.05, 4.69) is 0 Å². The Labute approximate surface area is 60.0 Å². The highest BCUT2D eigenvalue weighted by molar-refractivity contribution is 7.24. The van der Waals surface area contributed by atoms with Crippen LogP contribution in [0.15, 0.2) is 0 Å². The molecule has 0 bridgehead atoms. The Morgan fingerprint density at radius 2 is 2.40 bits per heavy atom. The molecule has 0 saturated carbocycles. The molecule has 1 rings (SSSR count). The Morgan fingerprint density at radius 1 is 1.70 bits per heavy atom. The molecule has 1 unspecified atom stereocenters. The van der Waals surface area contributed by atoms with E-state index in [1.54, 1.807) is 0 Å². The van der Waals surface area contributed by atoms with E-state index in [1.807, 2.05) is 0 Å². The van der Waals surface area contributed by atoms with E-state index < -0.39 is 18.1 Å². The quantitative estimate of drug-likeness (QED) is 0.552. The van der Waals surface area contributed by atoms with Gasteiger partial charge in [-0.3, -0.25) is 4.57 Å². The summed E-state index contributed by atoms with van der Waals surface area (Å²) in [6.45, 7) is -0.215. The van der Waals surface area contributed by atoms with Gasteiger partial charge in [-0.1, -0.05) is 0 Å². The van der Waals surface area contributed by atoms with Crippen LogP contribution < -0.4 is 0 Å².